The summed E-state index contributed by atoms with van der Waals surface area (Å²) in [6.45, 7) is 5.37. The van der Waals surface area contributed by atoms with Gasteiger partial charge in [0.25, 0.3) is 5.91 Å². The lowest BCUT2D eigenvalue weighted by Crippen LogP contribution is -2.32. The standard InChI is InChI=1S/C23H23ClN2O2/c1-14-10-15(2)22-19(11-14)20(23(27)25-13-18-4-3-9-28-18)12-21(26-22)16-5-7-17(24)8-6-16/h5-8,10-12,18H,3-4,9,13H2,1-2H3,(H,25,27)/t18-/m1/s1. The van der Waals surface area contributed by atoms with Crippen molar-refractivity contribution < 1.29 is 9.53 Å². The first kappa shape index (κ1) is 18.9. The van der Waals surface area contributed by atoms with Crippen LogP contribution in [0.15, 0.2) is 42.5 Å². The molecule has 1 saturated heterocycles. The monoisotopic (exact) mass is 394 g/mol. The first-order chi connectivity index (χ1) is 13.5. The number of hydrogen-bond acceptors (Lipinski definition) is 3. The molecule has 1 amide bonds. The molecule has 1 atom stereocenters. The van der Waals surface area contributed by atoms with Crippen LogP contribution in [0.25, 0.3) is 22.2 Å². The van der Waals surface area contributed by atoms with E-state index < -0.39 is 0 Å². The molecule has 0 saturated carbocycles. The fraction of sp³-hybridized carbons (Fsp3) is 0.304. The highest BCUT2D eigenvalue weighted by Gasteiger charge is 2.19. The molecule has 5 heteroatoms. The van der Waals surface area contributed by atoms with Crippen LogP contribution >= 0.6 is 11.6 Å². The average molecular weight is 395 g/mol. The summed E-state index contributed by atoms with van der Waals surface area (Å²) in [4.78, 5) is 17.9. The third-order valence-electron chi connectivity index (χ3n) is 5.15. The largest absolute Gasteiger partial charge is 0.376 e. The third kappa shape index (κ3) is 3.89. The van der Waals surface area contributed by atoms with Gasteiger partial charge in [0, 0.05) is 29.1 Å². The molecular weight excluding hydrogens is 372 g/mol. The minimum absolute atomic E-state index is 0.0943. The Morgan fingerprint density at radius 3 is 2.71 bits per heavy atom. The number of benzene rings is 2. The van der Waals surface area contributed by atoms with E-state index >= 15 is 0 Å². The van der Waals surface area contributed by atoms with Gasteiger partial charge < -0.3 is 10.1 Å². The predicted octanol–water partition coefficient (Wildman–Crippen LogP) is 5.08. The van der Waals surface area contributed by atoms with Crippen molar-refractivity contribution in [2.75, 3.05) is 13.2 Å². The molecule has 2 heterocycles. The Labute approximate surface area is 169 Å². The number of ether oxygens (including phenoxy) is 1. The van der Waals surface area contributed by atoms with Gasteiger partial charge in [-0.25, -0.2) is 4.98 Å². The van der Waals surface area contributed by atoms with E-state index in [1.165, 1.54) is 0 Å². The Hall–Kier alpha value is -2.43. The Morgan fingerprint density at radius 2 is 2.00 bits per heavy atom. The molecule has 0 aliphatic carbocycles. The van der Waals surface area contributed by atoms with E-state index in [4.69, 9.17) is 21.3 Å². The normalized spacial score (nSPS) is 16.5. The van der Waals surface area contributed by atoms with Gasteiger partial charge in [-0.2, -0.15) is 0 Å². The van der Waals surface area contributed by atoms with E-state index in [9.17, 15) is 4.79 Å². The van der Waals surface area contributed by atoms with Crippen molar-refractivity contribution in [3.8, 4) is 11.3 Å². The van der Waals surface area contributed by atoms with E-state index in [0.717, 1.165) is 52.7 Å². The molecule has 1 fully saturated rings. The maximum Gasteiger partial charge on any atom is 0.252 e. The fourth-order valence-corrected chi connectivity index (χ4v) is 3.87. The summed E-state index contributed by atoms with van der Waals surface area (Å²) in [6.07, 6.45) is 2.15. The number of halogens is 1. The summed E-state index contributed by atoms with van der Waals surface area (Å²) in [5.74, 6) is -0.0943. The van der Waals surface area contributed by atoms with Gasteiger partial charge in [-0.15, -0.1) is 0 Å². The highest BCUT2D eigenvalue weighted by atomic mass is 35.5. The fourth-order valence-electron chi connectivity index (χ4n) is 3.74. The molecule has 1 aliphatic rings. The number of fused-ring (bicyclic) bond motifs is 1. The van der Waals surface area contributed by atoms with Crippen molar-refractivity contribution in [1.82, 2.24) is 10.3 Å². The molecule has 2 aromatic carbocycles. The zero-order chi connectivity index (χ0) is 19.7. The van der Waals surface area contributed by atoms with Crippen LogP contribution in [0.5, 0.6) is 0 Å². The zero-order valence-electron chi connectivity index (χ0n) is 16.1. The van der Waals surface area contributed by atoms with Gasteiger partial charge in [0.15, 0.2) is 0 Å². The van der Waals surface area contributed by atoms with Crippen LogP contribution in [0.3, 0.4) is 0 Å². The highest BCUT2D eigenvalue weighted by Crippen LogP contribution is 2.28. The number of carbonyl (C=O) groups is 1. The van der Waals surface area contributed by atoms with E-state index in [-0.39, 0.29) is 12.0 Å². The number of hydrogen-bond donors (Lipinski definition) is 1. The minimum Gasteiger partial charge on any atom is -0.376 e. The van der Waals surface area contributed by atoms with Crippen molar-refractivity contribution in [3.63, 3.8) is 0 Å². The number of nitrogens with zero attached hydrogens (tertiary/aromatic N) is 1. The number of rotatable bonds is 4. The van der Waals surface area contributed by atoms with Crippen molar-refractivity contribution in [2.45, 2.75) is 32.8 Å². The summed E-state index contributed by atoms with van der Waals surface area (Å²) in [5, 5.41) is 4.59. The van der Waals surface area contributed by atoms with Crippen LogP contribution in [-0.4, -0.2) is 30.1 Å². The quantitative estimate of drug-likeness (QED) is 0.671. The molecule has 4 rings (SSSR count). The molecule has 1 N–H and O–H groups in total. The SMILES string of the molecule is Cc1cc(C)c2nc(-c3ccc(Cl)cc3)cc(C(=O)NC[C@H]3CCCO3)c2c1. The summed E-state index contributed by atoms with van der Waals surface area (Å²) >= 11 is 6.03. The lowest BCUT2D eigenvalue weighted by molar-refractivity contribution is 0.0859. The maximum atomic E-state index is 13.1. The summed E-state index contributed by atoms with van der Waals surface area (Å²) in [7, 11) is 0. The highest BCUT2D eigenvalue weighted by molar-refractivity contribution is 6.30. The van der Waals surface area contributed by atoms with Gasteiger partial charge in [0.2, 0.25) is 0 Å². The smallest absolute Gasteiger partial charge is 0.252 e. The second-order valence-corrected chi connectivity index (χ2v) is 7.82. The number of carbonyl (C=O) groups excluding carboxylic acids is 1. The topological polar surface area (TPSA) is 51.2 Å². The molecular formula is C23H23ClN2O2. The van der Waals surface area contributed by atoms with Crippen LogP contribution in [0.4, 0.5) is 0 Å². The number of nitrogens with one attached hydrogen (secondary N) is 1. The van der Waals surface area contributed by atoms with Gasteiger partial charge >= 0.3 is 0 Å². The number of aromatic nitrogens is 1. The molecule has 4 nitrogen and oxygen atoms in total. The Balaban J connectivity index is 1.77. The van der Waals surface area contributed by atoms with Crippen LogP contribution in [0.2, 0.25) is 5.02 Å². The first-order valence-electron chi connectivity index (χ1n) is 9.59. The second kappa shape index (κ2) is 7.90. The number of pyridine rings is 1. The van der Waals surface area contributed by atoms with Gasteiger partial charge in [-0.1, -0.05) is 35.4 Å². The van der Waals surface area contributed by atoms with Crippen LogP contribution < -0.4 is 5.32 Å². The van der Waals surface area contributed by atoms with Crippen molar-refractivity contribution in [1.29, 1.82) is 0 Å². The lowest BCUT2D eigenvalue weighted by Gasteiger charge is -2.14. The van der Waals surface area contributed by atoms with Crippen LogP contribution in [-0.2, 0) is 4.74 Å². The van der Waals surface area contributed by atoms with Gasteiger partial charge in [-0.05, 0) is 56.5 Å². The van der Waals surface area contributed by atoms with Crippen molar-refractivity contribution >= 4 is 28.4 Å². The molecule has 144 valence electrons. The summed E-state index contributed by atoms with van der Waals surface area (Å²) < 4.78 is 5.63. The molecule has 3 aromatic rings. The maximum absolute atomic E-state index is 13.1. The van der Waals surface area contributed by atoms with E-state index in [0.29, 0.717) is 17.1 Å². The molecule has 0 spiro atoms. The molecule has 1 aromatic heterocycles. The third-order valence-corrected chi connectivity index (χ3v) is 5.40. The molecule has 28 heavy (non-hydrogen) atoms. The van der Waals surface area contributed by atoms with Gasteiger partial charge in [-0.3, -0.25) is 4.79 Å². The number of amides is 1. The predicted molar refractivity (Wildman–Crippen MR) is 113 cm³/mol. The Kier molecular flexibility index (Phi) is 5.33. The lowest BCUT2D eigenvalue weighted by atomic mass is 9.99. The summed E-state index contributed by atoms with van der Waals surface area (Å²) in [6, 6.07) is 13.5. The molecule has 0 unspecified atom stereocenters. The second-order valence-electron chi connectivity index (χ2n) is 7.38. The molecule has 0 radical (unpaired) electrons. The van der Waals surface area contributed by atoms with Gasteiger partial charge in [0.05, 0.1) is 22.9 Å². The Morgan fingerprint density at radius 1 is 1.21 bits per heavy atom. The van der Waals surface area contributed by atoms with Crippen molar-refractivity contribution in [3.05, 3.63) is 64.2 Å². The van der Waals surface area contributed by atoms with Crippen molar-refractivity contribution in [2.24, 2.45) is 0 Å². The van der Waals surface area contributed by atoms with E-state index in [2.05, 4.69) is 11.4 Å². The van der Waals surface area contributed by atoms with E-state index in [1.54, 1.807) is 0 Å². The molecule has 0 bridgehead atoms. The number of aryl methyl sites for hydroxylation is 2. The average Bonchev–Trinajstić information content (AvgIpc) is 3.20. The van der Waals surface area contributed by atoms with Crippen LogP contribution in [0.1, 0.15) is 34.3 Å². The first-order valence-corrected chi connectivity index (χ1v) is 9.97. The minimum atomic E-state index is -0.0943. The van der Waals surface area contributed by atoms with E-state index in [1.807, 2.05) is 50.2 Å². The van der Waals surface area contributed by atoms with Crippen LogP contribution in [0, 0.1) is 13.8 Å². The molecule has 1 aliphatic heterocycles. The Bertz CT molecular complexity index is 1020. The summed E-state index contributed by atoms with van der Waals surface area (Å²) in [5.41, 5.74) is 5.34. The zero-order valence-corrected chi connectivity index (χ0v) is 16.8. The van der Waals surface area contributed by atoms with Gasteiger partial charge in [0.1, 0.15) is 0 Å².